The minimum Gasteiger partial charge on any atom is -0.399 e. The van der Waals surface area contributed by atoms with E-state index in [1.807, 2.05) is 37.3 Å². The molecule has 2 rings (SSSR count). The second-order valence-corrected chi connectivity index (χ2v) is 5.37. The Hall–Kier alpha value is -3.59. The van der Waals surface area contributed by atoms with E-state index in [4.69, 9.17) is 11.0 Å². The molecule has 0 aliphatic carbocycles. The van der Waals surface area contributed by atoms with Crippen LogP contribution in [-0.2, 0) is 4.79 Å². The van der Waals surface area contributed by atoms with Crippen molar-refractivity contribution in [1.82, 2.24) is 10.6 Å². The smallest absolute Gasteiger partial charge is 0.263 e. The average molecular weight is 334 g/mol. The molecule has 0 aromatic heterocycles. The molecule has 2 amide bonds. The number of nitriles is 1. The number of hydrogen-bond acceptors (Lipinski definition) is 4. The number of hydrogen-bond donors (Lipinski definition) is 3. The minimum atomic E-state index is -0.559. The van der Waals surface area contributed by atoms with Crippen molar-refractivity contribution in [3.8, 4) is 6.07 Å². The Kier molecular flexibility index (Phi) is 5.91. The summed E-state index contributed by atoms with van der Waals surface area (Å²) in [6, 6.07) is 17.2. The van der Waals surface area contributed by atoms with Gasteiger partial charge in [0.05, 0.1) is 6.04 Å². The van der Waals surface area contributed by atoms with E-state index in [-0.39, 0.29) is 11.6 Å². The van der Waals surface area contributed by atoms with Crippen LogP contribution in [-0.4, -0.2) is 11.8 Å². The molecule has 126 valence electrons. The highest BCUT2D eigenvalue weighted by Gasteiger charge is 2.14. The molecule has 0 aliphatic rings. The Labute approximate surface area is 146 Å². The number of nitrogens with one attached hydrogen (secondary N) is 2. The number of amides is 2. The van der Waals surface area contributed by atoms with Crippen molar-refractivity contribution in [3.05, 3.63) is 77.5 Å². The fourth-order valence-corrected chi connectivity index (χ4v) is 2.10. The van der Waals surface area contributed by atoms with Crippen molar-refractivity contribution in [2.75, 3.05) is 5.73 Å². The highest BCUT2D eigenvalue weighted by atomic mass is 16.2. The number of nitrogens with two attached hydrogens (primary N) is 1. The van der Waals surface area contributed by atoms with Crippen LogP contribution in [0.15, 0.2) is 66.4 Å². The molecule has 0 radical (unpaired) electrons. The standard InChI is InChI=1S/C19H18N4O2/c1-13(14-5-3-2-4-6-14)23-19(25)16(11-20)12-22-18(24)15-7-9-17(21)10-8-15/h2-10,12-13H,21H2,1H3,(H,22,24)(H,23,25)/b16-12-. The van der Waals surface area contributed by atoms with Crippen LogP contribution in [0, 0.1) is 11.3 Å². The predicted octanol–water partition coefficient (Wildman–Crippen LogP) is 2.28. The molecule has 2 aromatic carbocycles. The lowest BCUT2D eigenvalue weighted by Crippen LogP contribution is -2.29. The topological polar surface area (TPSA) is 108 Å². The van der Waals surface area contributed by atoms with Crippen LogP contribution < -0.4 is 16.4 Å². The van der Waals surface area contributed by atoms with E-state index in [0.717, 1.165) is 11.8 Å². The van der Waals surface area contributed by atoms with Gasteiger partial charge >= 0.3 is 0 Å². The first kappa shape index (κ1) is 17.8. The van der Waals surface area contributed by atoms with E-state index in [9.17, 15) is 9.59 Å². The van der Waals surface area contributed by atoms with Crippen molar-refractivity contribution in [2.24, 2.45) is 0 Å². The van der Waals surface area contributed by atoms with Crippen LogP contribution in [0.4, 0.5) is 5.69 Å². The molecule has 0 aliphatic heterocycles. The van der Waals surface area contributed by atoms with Crippen LogP contribution >= 0.6 is 0 Å². The molecule has 25 heavy (non-hydrogen) atoms. The van der Waals surface area contributed by atoms with Gasteiger partial charge in [0.25, 0.3) is 11.8 Å². The highest BCUT2D eigenvalue weighted by Crippen LogP contribution is 2.12. The molecule has 0 heterocycles. The first-order valence-electron chi connectivity index (χ1n) is 7.63. The molecule has 4 N–H and O–H groups in total. The zero-order chi connectivity index (χ0) is 18.2. The lowest BCUT2D eigenvalue weighted by molar-refractivity contribution is -0.117. The van der Waals surface area contributed by atoms with Crippen LogP contribution in [0.2, 0.25) is 0 Å². The van der Waals surface area contributed by atoms with Crippen LogP contribution in [0.5, 0.6) is 0 Å². The molecular formula is C19H18N4O2. The Balaban J connectivity index is 2.01. The summed E-state index contributed by atoms with van der Waals surface area (Å²) in [6.45, 7) is 1.81. The normalized spacial score (nSPS) is 11.9. The quantitative estimate of drug-likeness (QED) is 0.443. The molecule has 0 bridgehead atoms. The second kappa shape index (κ2) is 8.31. The minimum absolute atomic E-state index is 0.188. The van der Waals surface area contributed by atoms with Gasteiger partial charge in [-0.05, 0) is 36.8 Å². The average Bonchev–Trinajstić information content (AvgIpc) is 2.63. The number of rotatable bonds is 5. The van der Waals surface area contributed by atoms with Crippen LogP contribution in [0.1, 0.15) is 28.9 Å². The lowest BCUT2D eigenvalue weighted by Gasteiger charge is -2.13. The molecule has 1 atom stereocenters. The van der Waals surface area contributed by atoms with E-state index in [1.54, 1.807) is 30.3 Å². The molecule has 0 saturated heterocycles. The third kappa shape index (κ3) is 4.94. The third-order valence-corrected chi connectivity index (χ3v) is 3.53. The monoisotopic (exact) mass is 334 g/mol. The largest absolute Gasteiger partial charge is 0.399 e. The summed E-state index contributed by atoms with van der Waals surface area (Å²) < 4.78 is 0. The lowest BCUT2D eigenvalue weighted by atomic mass is 10.1. The summed E-state index contributed by atoms with van der Waals surface area (Å²) in [5.74, 6) is -0.992. The number of carbonyl (C=O) groups excluding carboxylic acids is 2. The Morgan fingerprint density at radius 2 is 1.76 bits per heavy atom. The molecule has 1 unspecified atom stereocenters. The van der Waals surface area contributed by atoms with Gasteiger partial charge in [0.2, 0.25) is 0 Å². The van der Waals surface area contributed by atoms with Crippen LogP contribution in [0.3, 0.4) is 0 Å². The Morgan fingerprint density at radius 1 is 1.12 bits per heavy atom. The molecular weight excluding hydrogens is 316 g/mol. The van der Waals surface area contributed by atoms with Gasteiger partial charge in [0, 0.05) is 17.5 Å². The number of carbonyl (C=O) groups is 2. The van der Waals surface area contributed by atoms with E-state index in [2.05, 4.69) is 10.6 Å². The van der Waals surface area contributed by atoms with Gasteiger partial charge in [0.1, 0.15) is 11.6 Å². The van der Waals surface area contributed by atoms with Crippen molar-refractivity contribution in [2.45, 2.75) is 13.0 Å². The first-order valence-corrected chi connectivity index (χ1v) is 7.63. The number of nitrogens with zero attached hydrogens (tertiary/aromatic N) is 1. The fourth-order valence-electron chi connectivity index (χ4n) is 2.10. The maximum atomic E-state index is 12.2. The van der Waals surface area contributed by atoms with Gasteiger partial charge < -0.3 is 16.4 Å². The van der Waals surface area contributed by atoms with E-state index < -0.39 is 11.8 Å². The molecule has 6 heteroatoms. The van der Waals surface area contributed by atoms with Gasteiger partial charge in [-0.1, -0.05) is 30.3 Å². The van der Waals surface area contributed by atoms with Crippen molar-refractivity contribution in [3.63, 3.8) is 0 Å². The van der Waals surface area contributed by atoms with E-state index in [0.29, 0.717) is 11.3 Å². The zero-order valence-electron chi connectivity index (χ0n) is 13.7. The number of benzene rings is 2. The Bertz CT molecular complexity index is 821. The number of anilines is 1. The maximum Gasteiger partial charge on any atom is 0.263 e. The summed E-state index contributed by atoms with van der Waals surface area (Å²) >= 11 is 0. The zero-order valence-corrected chi connectivity index (χ0v) is 13.7. The van der Waals surface area contributed by atoms with Gasteiger partial charge in [-0.15, -0.1) is 0 Å². The van der Waals surface area contributed by atoms with Gasteiger partial charge in [-0.25, -0.2) is 0 Å². The molecule has 6 nitrogen and oxygen atoms in total. The fraction of sp³-hybridized carbons (Fsp3) is 0.105. The van der Waals surface area contributed by atoms with Gasteiger partial charge in [-0.2, -0.15) is 5.26 Å². The molecule has 2 aromatic rings. The van der Waals surface area contributed by atoms with E-state index >= 15 is 0 Å². The second-order valence-electron chi connectivity index (χ2n) is 5.37. The maximum absolute atomic E-state index is 12.2. The first-order chi connectivity index (χ1) is 12.0. The SMILES string of the molecule is CC(NC(=O)/C(C#N)=C\NC(=O)c1ccc(N)cc1)c1ccccc1. The highest BCUT2D eigenvalue weighted by molar-refractivity contribution is 5.99. The summed E-state index contributed by atoms with van der Waals surface area (Å²) in [5.41, 5.74) is 7.21. The summed E-state index contributed by atoms with van der Waals surface area (Å²) in [6.07, 6.45) is 1.10. The van der Waals surface area contributed by atoms with Crippen molar-refractivity contribution < 1.29 is 9.59 Å². The summed E-state index contributed by atoms with van der Waals surface area (Å²) in [7, 11) is 0. The number of nitrogen functional groups attached to an aromatic ring is 1. The van der Waals surface area contributed by atoms with Gasteiger partial charge in [-0.3, -0.25) is 9.59 Å². The van der Waals surface area contributed by atoms with Gasteiger partial charge in [0.15, 0.2) is 0 Å². The van der Waals surface area contributed by atoms with Crippen LogP contribution in [0.25, 0.3) is 0 Å². The molecule has 0 spiro atoms. The summed E-state index contributed by atoms with van der Waals surface area (Å²) in [4.78, 5) is 24.2. The molecule has 0 saturated carbocycles. The van der Waals surface area contributed by atoms with E-state index in [1.165, 1.54) is 0 Å². The molecule has 0 fully saturated rings. The Morgan fingerprint density at radius 3 is 2.36 bits per heavy atom. The van der Waals surface area contributed by atoms with Crippen molar-refractivity contribution in [1.29, 1.82) is 5.26 Å². The van der Waals surface area contributed by atoms with Crippen molar-refractivity contribution >= 4 is 17.5 Å². The predicted molar refractivity (Wildman–Crippen MR) is 95.0 cm³/mol. The third-order valence-electron chi connectivity index (χ3n) is 3.53. The summed E-state index contributed by atoms with van der Waals surface area (Å²) in [5, 5.41) is 14.3.